The van der Waals surface area contributed by atoms with E-state index in [-0.39, 0.29) is 23.1 Å². The van der Waals surface area contributed by atoms with E-state index in [0.717, 1.165) is 56.6 Å². The fourth-order valence-corrected chi connectivity index (χ4v) is 7.08. The fraction of sp³-hybridized carbons (Fsp3) is 0.600. The van der Waals surface area contributed by atoms with Gasteiger partial charge in [-0.25, -0.2) is 0 Å². The summed E-state index contributed by atoms with van der Waals surface area (Å²) >= 11 is 6.94. The molecule has 1 amide bonds. The van der Waals surface area contributed by atoms with Gasteiger partial charge in [0, 0.05) is 31.2 Å². The van der Waals surface area contributed by atoms with Gasteiger partial charge < -0.3 is 4.90 Å². The quantitative estimate of drug-likeness (QED) is 0.457. The van der Waals surface area contributed by atoms with E-state index >= 15 is 0 Å². The first-order chi connectivity index (χ1) is 15.8. The maximum absolute atomic E-state index is 13.4. The summed E-state index contributed by atoms with van der Waals surface area (Å²) in [7, 11) is 0. The predicted octanol–water partition coefficient (Wildman–Crippen LogP) is 4.67. The van der Waals surface area contributed by atoms with E-state index in [1.807, 2.05) is 19.9 Å². The van der Waals surface area contributed by atoms with Crippen molar-refractivity contribution in [1.29, 1.82) is 5.26 Å². The number of nitrogens with zero attached hydrogens (tertiary/aromatic N) is 4. The number of anilines is 1. The van der Waals surface area contributed by atoms with Gasteiger partial charge in [-0.05, 0) is 56.6 Å². The molecule has 6 nitrogen and oxygen atoms in total. The van der Waals surface area contributed by atoms with E-state index in [0.29, 0.717) is 33.2 Å². The van der Waals surface area contributed by atoms with Crippen LogP contribution in [0.4, 0.5) is 5.82 Å². The molecule has 1 aromatic rings. The third kappa shape index (κ3) is 4.38. The molecule has 0 spiro atoms. The first kappa shape index (κ1) is 24.0. The Kier molecular flexibility index (Phi) is 7.01. The summed E-state index contributed by atoms with van der Waals surface area (Å²) in [6, 6.07) is 2.30. The maximum atomic E-state index is 13.4. The molecule has 2 saturated heterocycles. The van der Waals surface area contributed by atoms with E-state index in [1.54, 1.807) is 9.47 Å². The molecule has 0 N–H and O–H groups in total. The average molecular weight is 485 g/mol. The lowest BCUT2D eigenvalue weighted by Crippen LogP contribution is -2.43. The zero-order valence-corrected chi connectivity index (χ0v) is 21.5. The minimum Gasteiger partial charge on any atom is -0.357 e. The van der Waals surface area contributed by atoms with Crippen LogP contribution >= 0.6 is 24.0 Å². The molecule has 3 fully saturated rings. The topological polar surface area (TPSA) is 69.3 Å². The number of hydrogen-bond donors (Lipinski definition) is 0. The molecule has 2 aliphatic heterocycles. The van der Waals surface area contributed by atoms with Crippen LogP contribution in [0.2, 0.25) is 0 Å². The van der Waals surface area contributed by atoms with Crippen molar-refractivity contribution in [2.75, 3.05) is 18.0 Å². The standard InChI is InChI=1S/C25H32N4O2S2/c1-5-28-22(27-13-15(2)10-16(3)14-27)19(17(4)20(12-26)23(28)30)11-21-24(31)29(25(32)33-21)18-8-6-7-9-18/h11,15-16,18H,5-10,13-14H2,1-4H3. The summed E-state index contributed by atoms with van der Waals surface area (Å²) in [5.41, 5.74) is 1.32. The first-order valence-corrected chi connectivity index (χ1v) is 13.2. The number of thiocarbonyl (C=S) groups is 1. The van der Waals surface area contributed by atoms with Crippen LogP contribution in [0.5, 0.6) is 0 Å². The first-order valence-electron chi connectivity index (χ1n) is 12.0. The van der Waals surface area contributed by atoms with Crippen molar-refractivity contribution >= 4 is 46.1 Å². The van der Waals surface area contributed by atoms with E-state index in [2.05, 4.69) is 24.8 Å². The largest absolute Gasteiger partial charge is 0.357 e. The molecular weight excluding hydrogens is 452 g/mol. The van der Waals surface area contributed by atoms with Crippen LogP contribution < -0.4 is 10.5 Å². The predicted molar refractivity (Wildman–Crippen MR) is 138 cm³/mol. The molecule has 1 aliphatic carbocycles. The summed E-state index contributed by atoms with van der Waals surface area (Å²) in [6.45, 7) is 10.4. The van der Waals surface area contributed by atoms with Gasteiger partial charge >= 0.3 is 0 Å². The Morgan fingerprint density at radius 2 is 1.82 bits per heavy atom. The summed E-state index contributed by atoms with van der Waals surface area (Å²) in [4.78, 5) is 31.2. The van der Waals surface area contributed by atoms with Crippen LogP contribution in [-0.2, 0) is 11.3 Å². The van der Waals surface area contributed by atoms with Crippen LogP contribution in [0.3, 0.4) is 0 Å². The molecule has 2 atom stereocenters. The minimum atomic E-state index is -0.256. The average Bonchev–Trinajstić information content (AvgIpc) is 3.37. The summed E-state index contributed by atoms with van der Waals surface area (Å²) < 4.78 is 2.32. The van der Waals surface area contributed by atoms with Gasteiger partial charge in [-0.15, -0.1) is 0 Å². The molecule has 0 radical (unpaired) electrons. The monoisotopic (exact) mass is 484 g/mol. The third-order valence-corrected chi connectivity index (χ3v) is 8.45. The molecule has 0 aromatic carbocycles. The minimum absolute atomic E-state index is 0.0459. The highest BCUT2D eigenvalue weighted by Gasteiger charge is 2.39. The zero-order valence-electron chi connectivity index (χ0n) is 19.9. The van der Waals surface area contributed by atoms with Gasteiger partial charge in [0.15, 0.2) is 0 Å². The number of amides is 1. The van der Waals surface area contributed by atoms with E-state index in [1.165, 1.54) is 11.8 Å². The number of thioether (sulfide) groups is 1. The van der Waals surface area contributed by atoms with Gasteiger partial charge in [-0.3, -0.25) is 19.1 Å². The molecule has 2 unspecified atom stereocenters. The van der Waals surface area contributed by atoms with Crippen molar-refractivity contribution in [2.45, 2.75) is 72.4 Å². The fourth-order valence-electron chi connectivity index (χ4n) is 5.70. The number of carbonyl (C=O) groups is 1. The molecule has 3 aliphatic rings. The number of carbonyl (C=O) groups excluding carboxylic acids is 1. The van der Waals surface area contributed by atoms with Crippen LogP contribution in [0, 0.1) is 30.1 Å². The Bertz CT molecular complexity index is 1100. The van der Waals surface area contributed by atoms with Gasteiger partial charge in [-0.2, -0.15) is 5.26 Å². The molecule has 3 heterocycles. The Balaban J connectivity index is 1.87. The highest BCUT2D eigenvalue weighted by atomic mass is 32.2. The van der Waals surface area contributed by atoms with Crippen LogP contribution in [0.1, 0.15) is 69.6 Å². The Labute approximate surface area is 205 Å². The number of nitriles is 1. The van der Waals surface area contributed by atoms with E-state index < -0.39 is 0 Å². The van der Waals surface area contributed by atoms with Crippen molar-refractivity contribution < 1.29 is 4.79 Å². The number of aromatic nitrogens is 1. The van der Waals surface area contributed by atoms with Gasteiger partial charge in [-0.1, -0.05) is 50.7 Å². The zero-order chi connectivity index (χ0) is 23.9. The second-order valence-corrected chi connectivity index (χ2v) is 11.4. The number of piperidine rings is 1. The van der Waals surface area contributed by atoms with Crippen LogP contribution in [0.25, 0.3) is 6.08 Å². The molecule has 1 saturated carbocycles. The third-order valence-electron chi connectivity index (χ3n) is 7.12. The summed E-state index contributed by atoms with van der Waals surface area (Å²) in [5.74, 6) is 1.77. The smallest absolute Gasteiger partial charge is 0.270 e. The molecule has 1 aromatic heterocycles. The highest BCUT2D eigenvalue weighted by molar-refractivity contribution is 8.26. The van der Waals surface area contributed by atoms with Gasteiger partial charge in [0.25, 0.3) is 11.5 Å². The van der Waals surface area contributed by atoms with Gasteiger partial charge in [0.1, 0.15) is 21.8 Å². The number of hydrogen-bond acceptors (Lipinski definition) is 6. The van der Waals surface area contributed by atoms with Gasteiger partial charge in [0.05, 0.1) is 4.91 Å². The highest BCUT2D eigenvalue weighted by Crippen LogP contribution is 2.40. The lowest BCUT2D eigenvalue weighted by Gasteiger charge is -2.38. The summed E-state index contributed by atoms with van der Waals surface area (Å²) in [5, 5.41) is 9.77. The van der Waals surface area contributed by atoms with Crippen molar-refractivity contribution in [3.63, 3.8) is 0 Å². The Morgan fingerprint density at radius 1 is 1.18 bits per heavy atom. The second-order valence-electron chi connectivity index (χ2n) is 9.74. The Hall–Kier alpha value is -2.11. The summed E-state index contributed by atoms with van der Waals surface area (Å²) in [6.07, 6.45) is 7.27. The molecular formula is C25H32N4O2S2. The van der Waals surface area contributed by atoms with E-state index in [9.17, 15) is 14.9 Å². The van der Waals surface area contributed by atoms with Crippen molar-refractivity contribution in [2.24, 2.45) is 11.8 Å². The maximum Gasteiger partial charge on any atom is 0.270 e. The molecule has 0 bridgehead atoms. The van der Waals surface area contributed by atoms with Crippen molar-refractivity contribution in [3.05, 3.63) is 31.9 Å². The molecule has 33 heavy (non-hydrogen) atoms. The molecule has 4 rings (SSSR count). The SMILES string of the molecule is CCn1c(N2CC(C)CC(C)C2)c(C=C2SC(=S)N(C3CCCC3)C2=O)c(C)c(C#N)c1=O. The van der Waals surface area contributed by atoms with Crippen LogP contribution in [-0.4, -0.2) is 38.8 Å². The number of rotatable bonds is 4. The lowest BCUT2D eigenvalue weighted by atomic mass is 9.91. The van der Waals surface area contributed by atoms with Crippen LogP contribution in [0.15, 0.2) is 9.70 Å². The normalized spacial score (nSPS) is 25.4. The second kappa shape index (κ2) is 9.63. The number of pyridine rings is 1. The van der Waals surface area contributed by atoms with Gasteiger partial charge in [0.2, 0.25) is 0 Å². The molecule has 176 valence electrons. The molecule has 8 heteroatoms. The lowest BCUT2D eigenvalue weighted by molar-refractivity contribution is -0.123. The van der Waals surface area contributed by atoms with E-state index in [4.69, 9.17) is 12.2 Å². The Morgan fingerprint density at radius 3 is 2.39 bits per heavy atom. The van der Waals surface area contributed by atoms with Crippen molar-refractivity contribution in [1.82, 2.24) is 9.47 Å². The van der Waals surface area contributed by atoms with Crippen molar-refractivity contribution in [3.8, 4) is 6.07 Å².